The van der Waals surface area contributed by atoms with E-state index in [2.05, 4.69) is 17.0 Å². The fraction of sp³-hybridized carbons (Fsp3) is 0.619. The Morgan fingerprint density at radius 3 is 2.69 bits per heavy atom. The molecule has 2 amide bonds. The summed E-state index contributed by atoms with van der Waals surface area (Å²) in [6, 6.07) is 10.2. The van der Waals surface area contributed by atoms with Gasteiger partial charge in [0.05, 0.1) is 6.54 Å². The number of amides is 2. The highest BCUT2D eigenvalue weighted by atomic mass is 16.2. The molecule has 2 saturated heterocycles. The molecule has 2 aliphatic rings. The van der Waals surface area contributed by atoms with Gasteiger partial charge in [-0.25, -0.2) is 0 Å². The molecule has 5 heteroatoms. The Hall–Kier alpha value is -1.88. The Bertz CT molecular complexity index is 633. The molecule has 2 aliphatic heterocycles. The largest absolute Gasteiger partial charge is 0.345 e. The Labute approximate surface area is 156 Å². The fourth-order valence-electron chi connectivity index (χ4n) is 4.32. The van der Waals surface area contributed by atoms with Gasteiger partial charge in [0, 0.05) is 45.1 Å². The van der Waals surface area contributed by atoms with Gasteiger partial charge in [-0.15, -0.1) is 0 Å². The maximum Gasteiger partial charge on any atom is 0.236 e. The summed E-state index contributed by atoms with van der Waals surface area (Å²) >= 11 is 0. The SMILES string of the molecule is CCN(C)C(=O)CN1CCC[C@@]2(CCC(=O)N(Cc3ccccc3)C2)C1. The van der Waals surface area contributed by atoms with Crippen molar-refractivity contribution in [2.45, 2.75) is 39.2 Å². The van der Waals surface area contributed by atoms with Crippen molar-refractivity contribution in [3.05, 3.63) is 35.9 Å². The summed E-state index contributed by atoms with van der Waals surface area (Å²) in [6.07, 6.45) is 3.84. The van der Waals surface area contributed by atoms with Crippen LogP contribution in [0.2, 0.25) is 0 Å². The second kappa shape index (κ2) is 8.21. The molecule has 0 saturated carbocycles. The van der Waals surface area contributed by atoms with Crippen molar-refractivity contribution in [1.29, 1.82) is 0 Å². The number of rotatable bonds is 5. The van der Waals surface area contributed by atoms with Crippen LogP contribution in [0.3, 0.4) is 0 Å². The number of carbonyl (C=O) groups excluding carboxylic acids is 2. The zero-order chi connectivity index (χ0) is 18.6. The Morgan fingerprint density at radius 2 is 1.96 bits per heavy atom. The maximum atomic E-state index is 12.5. The third-order valence-electron chi connectivity index (χ3n) is 5.96. The number of hydrogen-bond acceptors (Lipinski definition) is 3. The predicted octanol–water partition coefficient (Wildman–Crippen LogP) is 2.37. The van der Waals surface area contributed by atoms with Gasteiger partial charge < -0.3 is 9.80 Å². The third kappa shape index (κ3) is 4.44. The summed E-state index contributed by atoms with van der Waals surface area (Å²) < 4.78 is 0. The van der Waals surface area contributed by atoms with Gasteiger partial charge in [0.25, 0.3) is 0 Å². The van der Waals surface area contributed by atoms with Crippen molar-refractivity contribution in [1.82, 2.24) is 14.7 Å². The van der Waals surface area contributed by atoms with Crippen LogP contribution in [0.1, 0.15) is 38.2 Å². The van der Waals surface area contributed by atoms with Crippen LogP contribution in [-0.4, -0.2) is 66.3 Å². The van der Waals surface area contributed by atoms with E-state index in [-0.39, 0.29) is 17.2 Å². The van der Waals surface area contributed by atoms with Crippen molar-refractivity contribution >= 4 is 11.8 Å². The van der Waals surface area contributed by atoms with E-state index in [1.165, 1.54) is 5.56 Å². The topological polar surface area (TPSA) is 43.9 Å². The average Bonchev–Trinajstić information content (AvgIpc) is 2.65. The lowest BCUT2D eigenvalue weighted by Gasteiger charge is -2.48. The van der Waals surface area contributed by atoms with Crippen LogP contribution in [0.4, 0.5) is 0 Å². The highest BCUT2D eigenvalue weighted by molar-refractivity contribution is 5.78. The van der Waals surface area contributed by atoms with Gasteiger partial charge in [-0.3, -0.25) is 14.5 Å². The number of benzene rings is 1. The number of likely N-dealkylation sites (N-methyl/N-ethyl adjacent to an activating group) is 1. The lowest BCUT2D eigenvalue weighted by Crippen LogP contribution is -2.55. The number of likely N-dealkylation sites (tertiary alicyclic amines) is 2. The Balaban J connectivity index is 1.64. The van der Waals surface area contributed by atoms with Crippen LogP contribution < -0.4 is 0 Å². The molecule has 0 aliphatic carbocycles. The molecule has 26 heavy (non-hydrogen) atoms. The van der Waals surface area contributed by atoms with Crippen LogP contribution in [0.15, 0.2) is 30.3 Å². The third-order valence-corrected chi connectivity index (χ3v) is 5.96. The lowest BCUT2D eigenvalue weighted by atomic mass is 9.73. The van der Waals surface area contributed by atoms with Gasteiger partial charge in [0.2, 0.25) is 11.8 Å². The lowest BCUT2D eigenvalue weighted by molar-refractivity contribution is -0.141. The molecule has 1 aromatic carbocycles. The Morgan fingerprint density at radius 1 is 1.19 bits per heavy atom. The molecule has 0 aromatic heterocycles. The first kappa shape index (κ1) is 18.9. The molecular weight excluding hydrogens is 326 g/mol. The van der Waals surface area contributed by atoms with Gasteiger partial charge in [-0.1, -0.05) is 30.3 Å². The molecule has 1 spiro atoms. The minimum Gasteiger partial charge on any atom is -0.345 e. The summed E-state index contributed by atoms with van der Waals surface area (Å²) in [7, 11) is 1.86. The molecular formula is C21H31N3O2. The maximum absolute atomic E-state index is 12.5. The van der Waals surface area contributed by atoms with Crippen LogP contribution in [0, 0.1) is 5.41 Å². The van der Waals surface area contributed by atoms with Crippen LogP contribution in [0.25, 0.3) is 0 Å². The monoisotopic (exact) mass is 357 g/mol. The number of nitrogens with zero attached hydrogens (tertiary/aromatic N) is 3. The molecule has 0 radical (unpaired) electrons. The number of piperidine rings is 2. The smallest absolute Gasteiger partial charge is 0.236 e. The van der Waals surface area contributed by atoms with E-state index >= 15 is 0 Å². The van der Waals surface area contributed by atoms with Gasteiger partial charge >= 0.3 is 0 Å². The van der Waals surface area contributed by atoms with E-state index in [1.807, 2.05) is 37.1 Å². The molecule has 2 fully saturated rings. The van der Waals surface area contributed by atoms with Crippen molar-refractivity contribution in [2.24, 2.45) is 5.41 Å². The molecule has 2 heterocycles. The molecule has 0 unspecified atom stereocenters. The molecule has 0 N–H and O–H groups in total. The molecule has 1 atom stereocenters. The van der Waals surface area contributed by atoms with E-state index < -0.39 is 0 Å². The van der Waals surface area contributed by atoms with Crippen molar-refractivity contribution in [3.63, 3.8) is 0 Å². The standard InChI is InChI=1S/C21H31N3O2/c1-3-22(2)20(26)15-23-13-7-11-21(16-23)12-10-19(25)24(17-21)14-18-8-5-4-6-9-18/h4-6,8-9H,3,7,10-17H2,1-2H3/t21-/m1/s1. The summed E-state index contributed by atoms with van der Waals surface area (Å²) in [6.45, 7) is 6.67. The highest BCUT2D eigenvalue weighted by Crippen LogP contribution is 2.39. The molecule has 0 bridgehead atoms. The molecule has 3 rings (SSSR count). The second-order valence-electron chi connectivity index (χ2n) is 7.96. The van der Waals surface area contributed by atoms with Crippen LogP contribution in [-0.2, 0) is 16.1 Å². The van der Waals surface area contributed by atoms with Crippen molar-refractivity contribution < 1.29 is 9.59 Å². The summed E-state index contributed by atoms with van der Waals surface area (Å²) in [5.41, 5.74) is 1.33. The van der Waals surface area contributed by atoms with E-state index in [0.717, 1.165) is 45.4 Å². The minimum atomic E-state index is 0.145. The summed E-state index contributed by atoms with van der Waals surface area (Å²) in [5.74, 6) is 0.455. The Kier molecular flexibility index (Phi) is 5.97. The molecule has 5 nitrogen and oxygen atoms in total. The first-order valence-electron chi connectivity index (χ1n) is 9.79. The number of carbonyl (C=O) groups is 2. The summed E-state index contributed by atoms with van der Waals surface area (Å²) in [5, 5.41) is 0. The quantitative estimate of drug-likeness (QED) is 0.813. The van der Waals surface area contributed by atoms with E-state index in [1.54, 1.807) is 4.90 Å². The summed E-state index contributed by atoms with van der Waals surface area (Å²) in [4.78, 5) is 30.9. The zero-order valence-electron chi connectivity index (χ0n) is 16.1. The number of hydrogen-bond donors (Lipinski definition) is 0. The minimum absolute atomic E-state index is 0.145. The van der Waals surface area contributed by atoms with E-state index in [9.17, 15) is 9.59 Å². The van der Waals surface area contributed by atoms with Gasteiger partial charge in [-0.2, -0.15) is 0 Å². The highest BCUT2D eigenvalue weighted by Gasteiger charge is 2.41. The van der Waals surface area contributed by atoms with E-state index in [4.69, 9.17) is 0 Å². The first-order chi connectivity index (χ1) is 12.5. The van der Waals surface area contributed by atoms with Gasteiger partial charge in [-0.05, 0) is 38.3 Å². The predicted molar refractivity (Wildman–Crippen MR) is 103 cm³/mol. The first-order valence-corrected chi connectivity index (χ1v) is 9.79. The van der Waals surface area contributed by atoms with Crippen molar-refractivity contribution in [3.8, 4) is 0 Å². The zero-order valence-corrected chi connectivity index (χ0v) is 16.1. The average molecular weight is 357 g/mol. The molecule has 1 aromatic rings. The van der Waals surface area contributed by atoms with Crippen molar-refractivity contribution in [2.75, 3.05) is 39.8 Å². The normalized spacial score (nSPS) is 24.1. The second-order valence-corrected chi connectivity index (χ2v) is 7.96. The van der Waals surface area contributed by atoms with Gasteiger partial charge in [0.1, 0.15) is 0 Å². The fourth-order valence-corrected chi connectivity index (χ4v) is 4.32. The van der Waals surface area contributed by atoms with Crippen LogP contribution in [0.5, 0.6) is 0 Å². The van der Waals surface area contributed by atoms with Crippen LogP contribution >= 0.6 is 0 Å². The van der Waals surface area contributed by atoms with Gasteiger partial charge in [0.15, 0.2) is 0 Å². The van der Waals surface area contributed by atoms with E-state index in [0.29, 0.717) is 19.5 Å². The molecule has 142 valence electrons.